The summed E-state index contributed by atoms with van der Waals surface area (Å²) in [6.45, 7) is 10.8. The van der Waals surface area contributed by atoms with Crippen molar-refractivity contribution in [1.82, 2.24) is 0 Å². The Kier molecular flexibility index (Phi) is 6.59. The molecule has 1 nitrogen and oxygen atoms in total. The van der Waals surface area contributed by atoms with Crippen molar-refractivity contribution in [1.29, 1.82) is 0 Å². The standard InChI is InChI=1S/C20H38O/c1-5-6-14-21-19-12-10-17(11-13-19)20(3,4)18-9-7-8-16(2)15-18/h16-19H,5-15H2,1-4H3. The fourth-order valence-corrected chi connectivity index (χ4v) is 4.81. The molecule has 2 aliphatic carbocycles. The van der Waals surface area contributed by atoms with Crippen molar-refractivity contribution < 1.29 is 4.74 Å². The first-order valence-corrected chi connectivity index (χ1v) is 9.65. The van der Waals surface area contributed by atoms with E-state index in [-0.39, 0.29) is 0 Å². The third kappa shape index (κ3) is 4.71. The smallest absolute Gasteiger partial charge is 0.0575 e. The van der Waals surface area contributed by atoms with Crippen LogP contribution >= 0.6 is 0 Å². The largest absolute Gasteiger partial charge is 0.378 e. The number of ether oxygens (including phenoxy) is 1. The molecule has 0 aromatic heterocycles. The average molecular weight is 295 g/mol. The number of hydrogen-bond donors (Lipinski definition) is 0. The van der Waals surface area contributed by atoms with Crippen molar-refractivity contribution in [2.45, 2.75) is 98.0 Å². The van der Waals surface area contributed by atoms with Crippen LogP contribution in [0.4, 0.5) is 0 Å². The molecule has 2 unspecified atom stereocenters. The molecule has 2 atom stereocenters. The van der Waals surface area contributed by atoms with Crippen molar-refractivity contribution in [2.75, 3.05) is 6.61 Å². The minimum absolute atomic E-state index is 0.545. The van der Waals surface area contributed by atoms with Crippen LogP contribution in [0.15, 0.2) is 0 Å². The highest BCUT2D eigenvalue weighted by Gasteiger charge is 2.40. The molecule has 0 radical (unpaired) electrons. The second-order valence-corrected chi connectivity index (χ2v) is 8.49. The predicted octanol–water partition coefficient (Wildman–Crippen LogP) is 6.21. The Morgan fingerprint density at radius 2 is 1.67 bits per heavy atom. The van der Waals surface area contributed by atoms with Crippen molar-refractivity contribution in [3.8, 4) is 0 Å². The molecule has 0 spiro atoms. The van der Waals surface area contributed by atoms with E-state index in [2.05, 4.69) is 27.7 Å². The lowest BCUT2D eigenvalue weighted by Gasteiger charge is -2.46. The molecule has 2 rings (SSSR count). The second-order valence-electron chi connectivity index (χ2n) is 8.49. The van der Waals surface area contributed by atoms with E-state index >= 15 is 0 Å². The van der Waals surface area contributed by atoms with Gasteiger partial charge in [-0.2, -0.15) is 0 Å². The fraction of sp³-hybridized carbons (Fsp3) is 1.00. The zero-order valence-electron chi connectivity index (χ0n) is 15.0. The molecule has 0 aromatic rings. The Labute approximate surface area is 133 Å². The Morgan fingerprint density at radius 3 is 2.29 bits per heavy atom. The van der Waals surface area contributed by atoms with Crippen LogP contribution in [0.2, 0.25) is 0 Å². The van der Waals surface area contributed by atoms with Gasteiger partial charge in [0.2, 0.25) is 0 Å². The van der Waals surface area contributed by atoms with Crippen LogP contribution < -0.4 is 0 Å². The molecular formula is C20H38O. The van der Waals surface area contributed by atoms with E-state index < -0.39 is 0 Å². The van der Waals surface area contributed by atoms with Crippen LogP contribution in [0, 0.1) is 23.2 Å². The van der Waals surface area contributed by atoms with E-state index in [1.54, 1.807) is 0 Å². The topological polar surface area (TPSA) is 9.23 Å². The van der Waals surface area contributed by atoms with Crippen molar-refractivity contribution >= 4 is 0 Å². The first kappa shape index (κ1) is 17.3. The number of unbranched alkanes of at least 4 members (excludes halogenated alkanes) is 1. The summed E-state index contributed by atoms with van der Waals surface area (Å²) in [6, 6.07) is 0. The highest BCUT2D eigenvalue weighted by molar-refractivity contribution is 4.90. The maximum atomic E-state index is 6.05. The van der Waals surface area contributed by atoms with Crippen LogP contribution in [0.25, 0.3) is 0 Å². The van der Waals surface area contributed by atoms with Gasteiger partial charge in [0.25, 0.3) is 0 Å². The minimum atomic E-state index is 0.545. The lowest BCUT2D eigenvalue weighted by molar-refractivity contribution is -0.0195. The van der Waals surface area contributed by atoms with Crippen LogP contribution in [0.1, 0.15) is 91.9 Å². The molecule has 0 N–H and O–H groups in total. The summed E-state index contributed by atoms with van der Waals surface area (Å²) in [5.41, 5.74) is 0.545. The van der Waals surface area contributed by atoms with Crippen LogP contribution in [-0.2, 0) is 4.74 Å². The molecule has 0 amide bonds. The molecule has 1 heteroatoms. The summed E-state index contributed by atoms with van der Waals surface area (Å²) in [7, 11) is 0. The zero-order valence-corrected chi connectivity index (χ0v) is 15.0. The van der Waals surface area contributed by atoms with Gasteiger partial charge in [0.05, 0.1) is 6.10 Å². The number of hydrogen-bond acceptors (Lipinski definition) is 1. The second kappa shape index (κ2) is 7.99. The molecule has 0 aromatic carbocycles. The Hall–Kier alpha value is -0.0400. The Morgan fingerprint density at radius 1 is 0.952 bits per heavy atom. The van der Waals surface area contributed by atoms with Crippen LogP contribution in [0.3, 0.4) is 0 Å². The quantitative estimate of drug-likeness (QED) is 0.529. The van der Waals surface area contributed by atoms with Gasteiger partial charge in [-0.3, -0.25) is 0 Å². The maximum Gasteiger partial charge on any atom is 0.0575 e. The van der Waals surface area contributed by atoms with Gasteiger partial charge in [0, 0.05) is 6.61 Å². The van der Waals surface area contributed by atoms with E-state index in [1.807, 2.05) is 0 Å². The van der Waals surface area contributed by atoms with Crippen LogP contribution in [0.5, 0.6) is 0 Å². The van der Waals surface area contributed by atoms with Gasteiger partial charge in [-0.15, -0.1) is 0 Å². The third-order valence-corrected chi connectivity index (χ3v) is 6.57. The molecule has 2 aliphatic rings. The normalized spacial score (nSPS) is 34.9. The Balaban J connectivity index is 1.79. The first-order valence-electron chi connectivity index (χ1n) is 9.65. The summed E-state index contributed by atoms with van der Waals surface area (Å²) >= 11 is 0. The van der Waals surface area contributed by atoms with E-state index in [0.29, 0.717) is 11.5 Å². The van der Waals surface area contributed by atoms with Gasteiger partial charge in [-0.05, 0) is 68.1 Å². The van der Waals surface area contributed by atoms with Gasteiger partial charge in [-0.25, -0.2) is 0 Å². The predicted molar refractivity (Wildman–Crippen MR) is 91.5 cm³/mol. The molecule has 0 heterocycles. The molecule has 2 fully saturated rings. The lowest BCUT2D eigenvalue weighted by atomic mass is 9.59. The van der Waals surface area contributed by atoms with E-state index in [4.69, 9.17) is 4.74 Å². The SMILES string of the molecule is CCCCOC1CCC(C(C)(C)C2CCCC(C)C2)CC1. The summed E-state index contributed by atoms with van der Waals surface area (Å²) in [5, 5.41) is 0. The van der Waals surface area contributed by atoms with Gasteiger partial charge in [0.1, 0.15) is 0 Å². The minimum Gasteiger partial charge on any atom is -0.378 e. The highest BCUT2D eigenvalue weighted by Crippen LogP contribution is 2.49. The summed E-state index contributed by atoms with van der Waals surface area (Å²) in [4.78, 5) is 0. The maximum absolute atomic E-state index is 6.05. The van der Waals surface area contributed by atoms with Gasteiger partial charge < -0.3 is 4.74 Å². The third-order valence-electron chi connectivity index (χ3n) is 6.57. The van der Waals surface area contributed by atoms with Crippen molar-refractivity contribution in [2.24, 2.45) is 23.2 Å². The zero-order chi connectivity index (χ0) is 15.3. The molecule has 0 saturated heterocycles. The fourth-order valence-electron chi connectivity index (χ4n) is 4.81. The molecule has 0 aliphatic heterocycles. The lowest BCUT2D eigenvalue weighted by Crippen LogP contribution is -2.38. The summed E-state index contributed by atoms with van der Waals surface area (Å²) in [6.07, 6.45) is 14.3. The Bertz CT molecular complexity index is 288. The first-order chi connectivity index (χ1) is 10.0. The molecule has 124 valence electrons. The summed E-state index contributed by atoms with van der Waals surface area (Å²) in [5.74, 6) is 2.85. The van der Waals surface area contributed by atoms with Gasteiger partial charge in [-0.1, -0.05) is 47.0 Å². The monoisotopic (exact) mass is 294 g/mol. The van der Waals surface area contributed by atoms with Crippen molar-refractivity contribution in [3.05, 3.63) is 0 Å². The summed E-state index contributed by atoms with van der Waals surface area (Å²) < 4.78 is 6.05. The van der Waals surface area contributed by atoms with Gasteiger partial charge in [0.15, 0.2) is 0 Å². The average Bonchev–Trinajstić information content (AvgIpc) is 2.48. The molecule has 0 bridgehead atoms. The van der Waals surface area contributed by atoms with E-state index in [1.165, 1.54) is 64.2 Å². The van der Waals surface area contributed by atoms with Gasteiger partial charge >= 0.3 is 0 Å². The molecular weight excluding hydrogens is 256 g/mol. The van der Waals surface area contributed by atoms with Crippen LogP contribution in [-0.4, -0.2) is 12.7 Å². The molecule has 21 heavy (non-hydrogen) atoms. The highest BCUT2D eigenvalue weighted by atomic mass is 16.5. The van der Waals surface area contributed by atoms with Crippen molar-refractivity contribution in [3.63, 3.8) is 0 Å². The van der Waals surface area contributed by atoms with E-state index in [9.17, 15) is 0 Å². The number of rotatable bonds is 6. The van der Waals surface area contributed by atoms with E-state index in [0.717, 1.165) is 24.4 Å². The molecule has 2 saturated carbocycles.